The van der Waals surface area contributed by atoms with Crippen molar-refractivity contribution in [1.82, 2.24) is 5.32 Å². The molecule has 1 amide bonds. The molecule has 0 rings (SSSR count). The van der Waals surface area contributed by atoms with Gasteiger partial charge in [-0.25, -0.2) is 9.59 Å². The Hall–Kier alpha value is -1.33. The lowest BCUT2D eigenvalue weighted by molar-refractivity contribution is -0.138. The Kier molecular flexibility index (Phi) is 8.96. The zero-order valence-corrected chi connectivity index (χ0v) is 11.4. The number of hydrogen-bond donors (Lipinski definition) is 2. The Balaban J connectivity index is 4.65. The van der Waals surface area contributed by atoms with Gasteiger partial charge in [-0.15, -0.1) is 0 Å². The average Bonchev–Trinajstić information content (AvgIpc) is 2.34. The summed E-state index contributed by atoms with van der Waals surface area (Å²) in [6.07, 6.45) is 0.0191. The van der Waals surface area contributed by atoms with Crippen LogP contribution < -0.4 is 5.32 Å². The van der Waals surface area contributed by atoms with Crippen LogP contribution in [0.3, 0.4) is 0 Å². The fraction of sp³-hybridized carbons (Fsp3) is 0.600. The van der Waals surface area contributed by atoms with Crippen molar-refractivity contribution in [2.75, 3.05) is 25.7 Å². The predicted octanol–water partition coefficient (Wildman–Crippen LogP) is 0.689. The van der Waals surface area contributed by atoms with Crippen molar-refractivity contribution in [2.24, 2.45) is 0 Å². The first-order chi connectivity index (χ1) is 8.54. The number of allylic oxidation sites excluding steroid dienone is 1. The van der Waals surface area contributed by atoms with Gasteiger partial charge in [0.1, 0.15) is 13.5 Å². The third kappa shape index (κ3) is 7.09. The summed E-state index contributed by atoms with van der Waals surface area (Å²) in [6.45, 7) is 3.55. The fourth-order valence-corrected chi connectivity index (χ4v) is 1.51. The molecule has 0 heterocycles. The quantitative estimate of drug-likeness (QED) is 0.404. The Morgan fingerprint density at radius 3 is 2.39 bits per heavy atom. The largest absolute Gasteiger partial charge is 0.461 e. The van der Waals surface area contributed by atoms with Gasteiger partial charge in [0.05, 0.1) is 19.6 Å². The Morgan fingerprint density at radius 1 is 1.28 bits per heavy atom. The van der Waals surface area contributed by atoms with Gasteiger partial charge in [-0.2, -0.15) is 0 Å². The van der Waals surface area contributed by atoms with Gasteiger partial charge in [-0.1, -0.05) is 0 Å². The summed E-state index contributed by atoms with van der Waals surface area (Å²) in [5.41, 5.74) is -0.137. The third-order valence-corrected chi connectivity index (χ3v) is 2.73. The van der Waals surface area contributed by atoms with E-state index in [1.54, 1.807) is 13.8 Å². The molecule has 0 aliphatic rings. The maximum atomic E-state index is 11.5. The molecule has 0 aromatic carbocycles. The van der Waals surface area contributed by atoms with Crippen LogP contribution in [0.2, 0.25) is 0 Å². The smallest absolute Gasteiger partial charge is 0.411 e. The highest BCUT2D eigenvalue weighted by Crippen LogP contribution is 2.18. The number of hydrogen-bond acceptors (Lipinski definition) is 6. The van der Waals surface area contributed by atoms with Crippen LogP contribution in [-0.4, -0.2) is 42.9 Å². The van der Waals surface area contributed by atoms with E-state index in [4.69, 9.17) is 9.84 Å². The van der Waals surface area contributed by atoms with Gasteiger partial charge in [0, 0.05) is 6.16 Å². The number of aliphatic hydroxyl groups excluding tert-OH is 1. The van der Waals surface area contributed by atoms with Crippen LogP contribution in [0.25, 0.3) is 0 Å². The second kappa shape index (κ2) is 9.67. The summed E-state index contributed by atoms with van der Waals surface area (Å²) in [7, 11) is -2.19. The normalized spacial score (nSPS) is 12.7. The molecule has 0 aliphatic heterocycles. The maximum absolute atomic E-state index is 11.5. The number of nitrogens with one attached hydrogen (secondary N) is 1. The van der Waals surface area contributed by atoms with E-state index in [0.29, 0.717) is 0 Å². The molecule has 18 heavy (non-hydrogen) atoms. The molecule has 2 N–H and O–H groups in total. The van der Waals surface area contributed by atoms with Gasteiger partial charge in [-0.3, -0.25) is 5.32 Å². The molecule has 0 saturated carbocycles. The SMILES string of the molecule is CCOC(=O)NC(=CC[PH](=O)CO)C(=O)OCC. The molecule has 0 radical (unpaired) electrons. The second-order valence-corrected chi connectivity index (χ2v) is 4.89. The number of alkyl carbamates (subject to hydrolysis) is 1. The van der Waals surface area contributed by atoms with Gasteiger partial charge < -0.3 is 19.1 Å². The van der Waals surface area contributed by atoms with Crippen molar-refractivity contribution in [3.8, 4) is 0 Å². The number of esters is 1. The minimum absolute atomic E-state index is 0.00171. The van der Waals surface area contributed by atoms with Gasteiger partial charge >= 0.3 is 12.1 Å². The molecule has 0 saturated heterocycles. The molecule has 1 atom stereocenters. The summed E-state index contributed by atoms with van der Waals surface area (Å²) < 4.78 is 20.4. The van der Waals surface area contributed by atoms with Crippen molar-refractivity contribution in [1.29, 1.82) is 0 Å². The first kappa shape index (κ1) is 16.7. The molecular formula is C10H18NO6P. The van der Waals surface area contributed by atoms with E-state index in [1.165, 1.54) is 6.08 Å². The van der Waals surface area contributed by atoms with Crippen molar-refractivity contribution in [2.45, 2.75) is 13.8 Å². The van der Waals surface area contributed by atoms with E-state index in [0.717, 1.165) is 0 Å². The second-order valence-electron chi connectivity index (χ2n) is 3.08. The molecule has 0 aromatic rings. The van der Waals surface area contributed by atoms with Crippen LogP contribution in [-0.2, 0) is 18.8 Å². The topological polar surface area (TPSA) is 102 Å². The van der Waals surface area contributed by atoms with E-state index >= 15 is 0 Å². The van der Waals surface area contributed by atoms with Crippen LogP contribution in [0, 0.1) is 0 Å². The predicted molar refractivity (Wildman–Crippen MR) is 65.8 cm³/mol. The molecule has 0 spiro atoms. The molecule has 7 nitrogen and oxygen atoms in total. The Morgan fingerprint density at radius 2 is 1.89 bits per heavy atom. The van der Waals surface area contributed by atoms with Crippen LogP contribution in [0.5, 0.6) is 0 Å². The monoisotopic (exact) mass is 279 g/mol. The standard InChI is InChI=1S/C10H18NO6P/c1-3-16-9(13)8(5-6-18(15)7-12)11-10(14)17-4-2/h5,12,18H,3-4,6-7H2,1-2H3,(H,11,14). The molecular weight excluding hydrogens is 261 g/mol. The fourth-order valence-electron chi connectivity index (χ4n) is 0.952. The molecule has 8 heteroatoms. The molecule has 1 unspecified atom stereocenters. The number of rotatable bonds is 7. The van der Waals surface area contributed by atoms with E-state index in [1.807, 2.05) is 0 Å². The van der Waals surface area contributed by atoms with E-state index < -0.39 is 26.2 Å². The maximum Gasteiger partial charge on any atom is 0.411 e. The number of carbonyl (C=O) groups excluding carboxylic acids is 2. The van der Waals surface area contributed by atoms with Crippen LogP contribution in [0.1, 0.15) is 13.8 Å². The molecule has 0 bridgehead atoms. The highest BCUT2D eigenvalue weighted by atomic mass is 31.1. The zero-order chi connectivity index (χ0) is 14.0. The van der Waals surface area contributed by atoms with Crippen molar-refractivity contribution in [3.63, 3.8) is 0 Å². The summed E-state index contributed by atoms with van der Waals surface area (Å²) in [6, 6.07) is 0. The average molecular weight is 279 g/mol. The van der Waals surface area contributed by atoms with Crippen molar-refractivity contribution >= 4 is 19.9 Å². The van der Waals surface area contributed by atoms with E-state index in [2.05, 4.69) is 10.1 Å². The lowest BCUT2D eigenvalue weighted by Crippen LogP contribution is -2.29. The summed E-state index contributed by atoms with van der Waals surface area (Å²) >= 11 is 0. The molecule has 0 fully saturated rings. The van der Waals surface area contributed by atoms with Crippen molar-refractivity contribution < 1.29 is 28.7 Å². The van der Waals surface area contributed by atoms with E-state index in [-0.39, 0.29) is 25.1 Å². The zero-order valence-electron chi connectivity index (χ0n) is 10.4. The molecule has 0 aromatic heterocycles. The summed E-state index contributed by atoms with van der Waals surface area (Å²) in [4.78, 5) is 22.6. The summed E-state index contributed by atoms with van der Waals surface area (Å²) in [5.74, 6) is -0.738. The van der Waals surface area contributed by atoms with Crippen LogP contribution >= 0.6 is 7.80 Å². The number of amides is 1. The lowest BCUT2D eigenvalue weighted by Gasteiger charge is -2.08. The molecule has 0 aliphatic carbocycles. The highest BCUT2D eigenvalue weighted by molar-refractivity contribution is 7.44. The minimum Gasteiger partial charge on any atom is -0.461 e. The Bertz CT molecular complexity index is 341. The van der Waals surface area contributed by atoms with Crippen LogP contribution in [0.15, 0.2) is 11.8 Å². The highest BCUT2D eigenvalue weighted by Gasteiger charge is 2.14. The molecule has 104 valence electrons. The van der Waals surface area contributed by atoms with Gasteiger partial charge in [0.15, 0.2) is 0 Å². The number of aliphatic hydroxyl groups is 1. The first-order valence-corrected chi connectivity index (χ1v) is 7.30. The van der Waals surface area contributed by atoms with E-state index in [9.17, 15) is 14.2 Å². The minimum atomic E-state index is -2.19. The van der Waals surface area contributed by atoms with Gasteiger partial charge in [-0.05, 0) is 19.9 Å². The lowest BCUT2D eigenvalue weighted by atomic mass is 10.4. The van der Waals surface area contributed by atoms with Gasteiger partial charge in [0.25, 0.3) is 0 Å². The van der Waals surface area contributed by atoms with Crippen LogP contribution in [0.4, 0.5) is 4.79 Å². The van der Waals surface area contributed by atoms with Crippen molar-refractivity contribution in [3.05, 3.63) is 11.8 Å². The first-order valence-electron chi connectivity index (χ1n) is 5.48. The van der Waals surface area contributed by atoms with Gasteiger partial charge in [0.2, 0.25) is 0 Å². The Labute approximate surface area is 106 Å². The third-order valence-electron chi connectivity index (χ3n) is 1.72. The number of carbonyl (C=O) groups is 2. The summed E-state index contributed by atoms with van der Waals surface area (Å²) in [5, 5.41) is 10.8. The number of ether oxygens (including phenoxy) is 2.